The molecule has 0 fully saturated rings. The summed E-state index contributed by atoms with van der Waals surface area (Å²) in [6, 6.07) is 41.0. The molecule has 0 bridgehead atoms. The van der Waals surface area contributed by atoms with Gasteiger partial charge in [0.05, 0.1) is 0 Å². The number of hydrogen-bond acceptors (Lipinski definition) is 0. The first-order chi connectivity index (χ1) is 24.8. The van der Waals surface area contributed by atoms with Crippen molar-refractivity contribution in [1.29, 1.82) is 0 Å². The summed E-state index contributed by atoms with van der Waals surface area (Å²) in [6.45, 7) is 22.4. The van der Waals surface area contributed by atoms with Crippen LogP contribution in [0.3, 0.4) is 0 Å². The first kappa shape index (κ1) is 44.2. The number of benzene rings is 4. The molecule has 0 unspecified atom stereocenters. The zero-order valence-electron chi connectivity index (χ0n) is 33.4. The van der Waals surface area contributed by atoms with Crippen molar-refractivity contribution in [3.05, 3.63) is 131 Å². The van der Waals surface area contributed by atoms with E-state index in [-0.39, 0.29) is 10.8 Å². The van der Waals surface area contributed by atoms with Gasteiger partial charge in [-0.1, -0.05) is 166 Å². The molecule has 6 aromatic rings. The fourth-order valence-electron chi connectivity index (χ4n) is 6.45. The van der Waals surface area contributed by atoms with Crippen LogP contribution >= 0.6 is 17.0 Å². The van der Waals surface area contributed by atoms with Gasteiger partial charge in [-0.3, -0.25) is 0 Å². The van der Waals surface area contributed by atoms with Gasteiger partial charge < -0.3 is 0 Å². The topological polar surface area (TPSA) is 0 Å². The molecule has 0 amide bonds. The molecular weight excluding hydrogens is 767 g/mol. The first-order valence-electron chi connectivity index (χ1n) is 18.9. The maximum absolute atomic E-state index is 4.93. The van der Waals surface area contributed by atoms with Crippen LogP contribution in [-0.2, 0) is 44.5 Å². The van der Waals surface area contributed by atoms with Crippen molar-refractivity contribution in [3.8, 4) is 22.3 Å². The summed E-state index contributed by atoms with van der Waals surface area (Å²) in [5, 5.41) is 5.52. The molecule has 2 radical (unpaired) electrons. The van der Waals surface area contributed by atoms with Crippen LogP contribution in [0.5, 0.6) is 0 Å². The Balaban J connectivity index is 0.000000244. The van der Waals surface area contributed by atoms with E-state index in [0.29, 0.717) is 0 Å². The number of unbranched alkanes of at least 4 members (excludes halogenated alkanes) is 2. The minimum atomic E-state index is -0.826. The summed E-state index contributed by atoms with van der Waals surface area (Å²) in [7, 11) is 11.0. The van der Waals surface area contributed by atoms with Gasteiger partial charge in [0.2, 0.25) is 0 Å². The Morgan fingerprint density at radius 2 is 0.885 bits per heavy atom. The quantitative estimate of drug-likeness (QED) is 0.106. The molecule has 0 heterocycles. The second kappa shape index (κ2) is 21.6. The Labute approximate surface area is 338 Å². The van der Waals surface area contributed by atoms with Crippen molar-refractivity contribution < 1.29 is 20.8 Å². The van der Waals surface area contributed by atoms with E-state index in [1.807, 2.05) is 0 Å². The van der Waals surface area contributed by atoms with Crippen molar-refractivity contribution >= 4 is 48.1 Å². The molecule has 0 aliphatic carbocycles. The Morgan fingerprint density at radius 1 is 0.558 bits per heavy atom. The predicted octanol–water partition coefficient (Wildman–Crippen LogP) is 15.9. The van der Waals surface area contributed by atoms with Crippen LogP contribution in [0.25, 0.3) is 43.8 Å². The Morgan fingerprint density at radius 3 is 1.17 bits per heavy atom. The SMILES string of the molecule is CCCCc1cc2c(-c3ccc(C(C)(C)C)cc3)cccc2[cH-]1.CCCCc1cc2c(-c3ccc(C(C)(C)C)cc3)cccc2[cH-]1.C[Si]C.[Cl][Zr+2][Cl]. The molecule has 0 aliphatic rings. The molecule has 0 aliphatic heterocycles. The van der Waals surface area contributed by atoms with Gasteiger partial charge in [-0.25, -0.2) is 0 Å². The van der Waals surface area contributed by atoms with Crippen LogP contribution in [0.2, 0.25) is 13.1 Å². The van der Waals surface area contributed by atoms with Gasteiger partial charge in [0.15, 0.2) is 0 Å². The Hall–Kier alpha value is -2.22. The molecule has 0 N–H and O–H groups in total. The van der Waals surface area contributed by atoms with E-state index in [1.54, 1.807) is 0 Å². The van der Waals surface area contributed by atoms with E-state index < -0.39 is 20.8 Å². The van der Waals surface area contributed by atoms with Crippen molar-refractivity contribution in [2.24, 2.45) is 0 Å². The number of hydrogen-bond donors (Lipinski definition) is 0. The molecule has 52 heavy (non-hydrogen) atoms. The zero-order chi connectivity index (χ0) is 38.3. The van der Waals surface area contributed by atoms with Gasteiger partial charge >= 0.3 is 37.9 Å². The molecule has 4 heteroatoms. The van der Waals surface area contributed by atoms with Gasteiger partial charge in [-0.05, 0) is 45.9 Å². The summed E-state index contributed by atoms with van der Waals surface area (Å²) in [4.78, 5) is 0. The van der Waals surface area contributed by atoms with E-state index in [0.717, 1.165) is 9.52 Å². The summed E-state index contributed by atoms with van der Waals surface area (Å²) >= 11 is -0.826. The molecule has 274 valence electrons. The molecule has 0 aromatic heterocycles. The number of halogens is 2. The van der Waals surface area contributed by atoms with Crippen molar-refractivity contribution in [2.75, 3.05) is 0 Å². The van der Waals surface area contributed by atoms with Crippen LogP contribution in [0, 0.1) is 0 Å². The van der Waals surface area contributed by atoms with E-state index in [1.165, 1.54) is 105 Å². The third-order valence-electron chi connectivity index (χ3n) is 9.38. The van der Waals surface area contributed by atoms with Gasteiger partial charge in [0, 0.05) is 9.52 Å². The van der Waals surface area contributed by atoms with E-state index in [9.17, 15) is 0 Å². The van der Waals surface area contributed by atoms with Crippen LogP contribution in [-0.4, -0.2) is 9.52 Å². The van der Waals surface area contributed by atoms with Crippen LogP contribution < -0.4 is 0 Å². The zero-order valence-corrected chi connectivity index (χ0v) is 38.4. The molecule has 0 spiro atoms. The average molecular weight is 827 g/mol. The average Bonchev–Trinajstić information content (AvgIpc) is 3.74. The molecule has 0 saturated heterocycles. The maximum atomic E-state index is 4.93. The third kappa shape index (κ3) is 13.0. The minimum absolute atomic E-state index is 0.207. The van der Waals surface area contributed by atoms with Crippen molar-refractivity contribution in [3.63, 3.8) is 0 Å². The molecule has 0 nitrogen and oxygen atoms in total. The fourth-order valence-corrected chi connectivity index (χ4v) is 6.45. The first-order valence-corrected chi connectivity index (χ1v) is 27.3. The van der Waals surface area contributed by atoms with Crippen LogP contribution in [0.15, 0.2) is 109 Å². The van der Waals surface area contributed by atoms with Crippen LogP contribution in [0.4, 0.5) is 0 Å². The predicted molar refractivity (Wildman–Crippen MR) is 234 cm³/mol. The summed E-state index contributed by atoms with van der Waals surface area (Å²) < 4.78 is 0. The monoisotopic (exact) mass is 824 g/mol. The van der Waals surface area contributed by atoms with E-state index >= 15 is 0 Å². The number of fused-ring (bicyclic) bond motifs is 2. The molecule has 6 aromatic carbocycles. The standard InChI is InChI=1S/2C23H27.C2H6Si.2ClH.Zr/c2*1-5-6-8-17-15-19-9-7-10-21(22(19)16-17)18-11-13-20(14-12-18)23(2,3)4;1-3-2;;;/h2*7,9-16H,5-6,8H2,1-4H3;1-2H3;2*1H;/q2*-1;;;;+4/p-2. The normalized spacial score (nSPS) is 11.2. The second-order valence-electron chi connectivity index (χ2n) is 15.8. The molecule has 0 atom stereocenters. The van der Waals surface area contributed by atoms with E-state index in [2.05, 4.69) is 178 Å². The summed E-state index contributed by atoms with van der Waals surface area (Å²) in [5.41, 5.74) is 11.5. The molecular formula is C48H60Cl2SiZr. The number of rotatable bonds is 8. The Bertz CT molecular complexity index is 1760. The van der Waals surface area contributed by atoms with Crippen molar-refractivity contribution in [2.45, 2.75) is 118 Å². The summed E-state index contributed by atoms with van der Waals surface area (Å²) in [5.74, 6) is 0. The van der Waals surface area contributed by atoms with Gasteiger partial charge in [-0.15, -0.1) is 69.1 Å². The second-order valence-corrected chi connectivity index (χ2v) is 20.5. The van der Waals surface area contributed by atoms with E-state index in [4.69, 9.17) is 17.0 Å². The Kier molecular flexibility index (Phi) is 18.4. The number of aryl methyl sites for hydroxylation is 2. The third-order valence-corrected chi connectivity index (χ3v) is 9.38. The van der Waals surface area contributed by atoms with Gasteiger partial charge in [-0.2, -0.15) is 12.1 Å². The summed E-state index contributed by atoms with van der Waals surface area (Å²) in [6.07, 6.45) is 7.42. The molecule has 0 saturated carbocycles. The molecule has 6 rings (SSSR count). The fraction of sp³-hybridized carbons (Fsp3) is 0.375. The van der Waals surface area contributed by atoms with Gasteiger partial charge in [0.25, 0.3) is 0 Å². The van der Waals surface area contributed by atoms with Crippen molar-refractivity contribution in [1.82, 2.24) is 0 Å². The van der Waals surface area contributed by atoms with Crippen LogP contribution in [0.1, 0.15) is 103 Å². The van der Waals surface area contributed by atoms with Gasteiger partial charge in [0.1, 0.15) is 0 Å².